The molecule has 0 N–H and O–H groups in total. The van der Waals surface area contributed by atoms with Gasteiger partial charge in [-0.05, 0) is 48.0 Å². The molecule has 140 valence electrons. The van der Waals surface area contributed by atoms with E-state index in [9.17, 15) is 0 Å². The van der Waals surface area contributed by atoms with Gasteiger partial charge in [0, 0.05) is 32.1 Å². The van der Waals surface area contributed by atoms with Crippen LogP contribution in [0.2, 0.25) is 10.0 Å². The van der Waals surface area contributed by atoms with Crippen molar-refractivity contribution in [1.29, 1.82) is 0 Å². The lowest BCUT2D eigenvalue weighted by atomic mass is 9.96. The van der Waals surface area contributed by atoms with Crippen molar-refractivity contribution < 1.29 is 4.74 Å². The summed E-state index contributed by atoms with van der Waals surface area (Å²) in [4.78, 5) is 0. The van der Waals surface area contributed by atoms with Gasteiger partial charge in [0.1, 0.15) is 5.75 Å². The molecule has 28 heavy (non-hydrogen) atoms. The summed E-state index contributed by atoms with van der Waals surface area (Å²) >= 11 is 15.7. The van der Waals surface area contributed by atoms with Crippen LogP contribution in [0.25, 0.3) is 0 Å². The molecule has 3 aromatic carbocycles. The van der Waals surface area contributed by atoms with Gasteiger partial charge < -0.3 is 4.74 Å². The van der Waals surface area contributed by atoms with Crippen LogP contribution in [-0.4, -0.2) is 10.7 Å². The molecule has 0 saturated heterocycles. The van der Waals surface area contributed by atoms with E-state index < -0.39 is 0 Å². The Morgan fingerprint density at radius 1 is 0.929 bits per heavy atom. The summed E-state index contributed by atoms with van der Waals surface area (Å²) in [7, 11) is 0. The third-order valence-electron chi connectivity index (χ3n) is 5.08. The fourth-order valence-corrected chi connectivity index (χ4v) is 4.35. The number of fused-ring (bicyclic) bond motifs is 3. The van der Waals surface area contributed by atoms with E-state index in [4.69, 9.17) is 33.0 Å². The van der Waals surface area contributed by atoms with Crippen LogP contribution < -0.4 is 4.74 Å². The first kappa shape index (κ1) is 18.0. The highest BCUT2D eigenvalue weighted by atomic mass is 79.9. The summed E-state index contributed by atoms with van der Waals surface area (Å²) in [5.41, 5.74) is 4.25. The van der Waals surface area contributed by atoms with Gasteiger partial charge in [-0.15, -0.1) is 0 Å². The fraction of sp³-hybridized carbons (Fsp3) is 0.136. The maximum Gasteiger partial charge on any atom is 0.213 e. The third kappa shape index (κ3) is 3.20. The van der Waals surface area contributed by atoms with E-state index in [1.807, 2.05) is 60.7 Å². The van der Waals surface area contributed by atoms with Gasteiger partial charge in [-0.2, -0.15) is 5.10 Å². The lowest BCUT2D eigenvalue weighted by Crippen LogP contribution is -2.33. The Bertz CT molecular complexity index is 1070. The molecule has 0 radical (unpaired) electrons. The Morgan fingerprint density at radius 3 is 2.32 bits per heavy atom. The van der Waals surface area contributed by atoms with E-state index in [0.29, 0.717) is 5.02 Å². The summed E-state index contributed by atoms with van der Waals surface area (Å²) in [5.74, 6) is 0.886. The average molecular weight is 474 g/mol. The monoisotopic (exact) mass is 472 g/mol. The van der Waals surface area contributed by atoms with Crippen molar-refractivity contribution in [1.82, 2.24) is 5.01 Å². The van der Waals surface area contributed by atoms with Crippen LogP contribution in [0.1, 0.15) is 35.4 Å². The van der Waals surface area contributed by atoms with Gasteiger partial charge in [0.05, 0.1) is 11.8 Å². The molecule has 0 aromatic heterocycles. The number of hydrogen-bond donors (Lipinski definition) is 0. The van der Waals surface area contributed by atoms with Crippen molar-refractivity contribution in [2.45, 2.75) is 18.7 Å². The molecule has 2 aliphatic heterocycles. The van der Waals surface area contributed by atoms with Gasteiger partial charge in [-0.25, -0.2) is 5.01 Å². The zero-order valence-corrected chi connectivity index (χ0v) is 17.7. The van der Waals surface area contributed by atoms with Crippen LogP contribution in [0, 0.1) is 0 Å². The highest BCUT2D eigenvalue weighted by Gasteiger charge is 2.41. The second-order valence-corrected chi connectivity index (χ2v) is 8.65. The highest BCUT2D eigenvalue weighted by Crippen LogP contribution is 2.48. The minimum absolute atomic E-state index is 0.104. The molecular weight excluding hydrogens is 459 g/mol. The molecule has 0 bridgehead atoms. The number of hydrazone groups is 1. The highest BCUT2D eigenvalue weighted by molar-refractivity contribution is 9.10. The first-order valence-corrected chi connectivity index (χ1v) is 10.5. The normalized spacial score (nSPS) is 20.2. The standard InChI is InChI=1S/C22H15BrCl2N2O/c23-15-5-10-21-18(11-15)20-12-19(13-1-6-16(24)7-2-13)26-27(20)22(28-21)14-3-8-17(25)9-4-14/h1-11,20,22H,12H2/t20-,22-/m0/s1. The predicted molar refractivity (Wildman–Crippen MR) is 116 cm³/mol. The van der Waals surface area contributed by atoms with Gasteiger partial charge in [0.2, 0.25) is 6.23 Å². The van der Waals surface area contributed by atoms with E-state index in [2.05, 4.69) is 27.0 Å². The summed E-state index contributed by atoms with van der Waals surface area (Å²) in [6.07, 6.45) is 0.499. The Hall–Kier alpha value is -2.01. The van der Waals surface area contributed by atoms with E-state index in [1.165, 1.54) is 0 Å². The number of hydrogen-bond acceptors (Lipinski definition) is 3. The van der Waals surface area contributed by atoms with Crippen LogP contribution in [-0.2, 0) is 0 Å². The lowest BCUT2D eigenvalue weighted by Gasteiger charge is -2.38. The quantitative estimate of drug-likeness (QED) is 0.400. The van der Waals surface area contributed by atoms with Gasteiger partial charge in [0.15, 0.2) is 0 Å². The minimum atomic E-state index is -0.305. The second-order valence-electron chi connectivity index (χ2n) is 6.86. The first-order valence-electron chi connectivity index (χ1n) is 8.92. The number of benzene rings is 3. The van der Waals surface area contributed by atoms with Crippen LogP contribution in [0.15, 0.2) is 76.3 Å². The first-order chi connectivity index (χ1) is 13.6. The summed E-state index contributed by atoms with van der Waals surface area (Å²) in [6, 6.07) is 21.8. The van der Waals surface area contributed by atoms with Crippen molar-refractivity contribution in [3.8, 4) is 5.75 Å². The van der Waals surface area contributed by atoms with Crippen LogP contribution in [0.5, 0.6) is 5.75 Å². The Balaban J connectivity index is 1.59. The van der Waals surface area contributed by atoms with Crippen molar-refractivity contribution in [2.24, 2.45) is 5.10 Å². The molecular formula is C22H15BrCl2N2O. The summed E-state index contributed by atoms with van der Waals surface area (Å²) < 4.78 is 7.39. The topological polar surface area (TPSA) is 24.8 Å². The predicted octanol–water partition coefficient (Wildman–Crippen LogP) is 7.00. The molecule has 6 heteroatoms. The fourth-order valence-electron chi connectivity index (χ4n) is 3.72. The molecule has 5 rings (SSSR count). The molecule has 0 fully saturated rings. The van der Waals surface area contributed by atoms with Crippen LogP contribution in [0.3, 0.4) is 0 Å². The maximum absolute atomic E-state index is 6.36. The molecule has 2 heterocycles. The number of halogens is 3. The lowest BCUT2D eigenvalue weighted by molar-refractivity contribution is -0.0190. The summed E-state index contributed by atoms with van der Waals surface area (Å²) in [6.45, 7) is 0. The average Bonchev–Trinajstić information content (AvgIpc) is 3.14. The molecule has 2 atom stereocenters. The van der Waals surface area contributed by atoms with E-state index in [1.54, 1.807) is 0 Å². The smallest absolute Gasteiger partial charge is 0.213 e. The zero-order valence-electron chi connectivity index (χ0n) is 14.6. The van der Waals surface area contributed by atoms with Crippen molar-refractivity contribution in [3.63, 3.8) is 0 Å². The number of rotatable bonds is 2. The van der Waals surface area contributed by atoms with Crippen molar-refractivity contribution in [3.05, 3.63) is 97.9 Å². The summed E-state index contributed by atoms with van der Waals surface area (Å²) in [5, 5.41) is 8.43. The zero-order chi connectivity index (χ0) is 19.3. The maximum atomic E-state index is 6.36. The SMILES string of the molecule is Clc1ccc(C2=NN3[C@@H](C2)c2cc(Br)ccc2O[C@H]3c2ccc(Cl)cc2)cc1. The van der Waals surface area contributed by atoms with Gasteiger partial charge >= 0.3 is 0 Å². The Kier molecular flexibility index (Phi) is 4.58. The van der Waals surface area contributed by atoms with Gasteiger partial charge in [-0.3, -0.25) is 0 Å². The van der Waals surface area contributed by atoms with Crippen molar-refractivity contribution >= 4 is 44.8 Å². The molecule has 2 aliphatic rings. The van der Waals surface area contributed by atoms with Crippen LogP contribution in [0.4, 0.5) is 0 Å². The Morgan fingerprint density at radius 2 is 1.61 bits per heavy atom. The molecule has 0 aliphatic carbocycles. The molecule has 0 spiro atoms. The third-order valence-corrected chi connectivity index (χ3v) is 6.08. The molecule has 0 amide bonds. The minimum Gasteiger partial charge on any atom is -0.464 e. The van der Waals surface area contributed by atoms with Crippen molar-refractivity contribution in [2.75, 3.05) is 0 Å². The second kappa shape index (κ2) is 7.11. The van der Waals surface area contributed by atoms with Gasteiger partial charge in [-0.1, -0.05) is 63.4 Å². The van der Waals surface area contributed by atoms with Crippen LogP contribution >= 0.6 is 39.1 Å². The number of nitrogens with zero attached hydrogens (tertiary/aromatic N) is 2. The molecule has 3 nitrogen and oxygen atoms in total. The number of ether oxygens (including phenoxy) is 1. The van der Waals surface area contributed by atoms with Gasteiger partial charge in [0.25, 0.3) is 0 Å². The largest absolute Gasteiger partial charge is 0.464 e. The molecule has 3 aromatic rings. The Labute approximate surface area is 181 Å². The van der Waals surface area contributed by atoms with E-state index in [-0.39, 0.29) is 12.3 Å². The molecule has 0 saturated carbocycles. The van der Waals surface area contributed by atoms with E-state index >= 15 is 0 Å². The van der Waals surface area contributed by atoms with E-state index in [0.717, 1.165) is 44.1 Å². The molecule has 0 unspecified atom stereocenters.